The van der Waals surface area contributed by atoms with Crippen LogP contribution in [-0.2, 0) is 16.0 Å². The van der Waals surface area contributed by atoms with Gasteiger partial charge >= 0.3 is 0 Å². The molecule has 1 saturated heterocycles. The van der Waals surface area contributed by atoms with E-state index in [1.54, 1.807) is 12.1 Å². The maximum atomic E-state index is 12.2. The molecule has 1 saturated carbocycles. The lowest BCUT2D eigenvalue weighted by Crippen LogP contribution is -2.41. The van der Waals surface area contributed by atoms with Crippen molar-refractivity contribution in [2.24, 2.45) is 17.6 Å². The molecule has 6 heteroatoms. The molecule has 1 heterocycles. The lowest BCUT2D eigenvalue weighted by Gasteiger charge is -2.16. The summed E-state index contributed by atoms with van der Waals surface area (Å²) < 4.78 is 0. The van der Waals surface area contributed by atoms with E-state index in [2.05, 4.69) is 10.6 Å². The summed E-state index contributed by atoms with van der Waals surface area (Å²) in [6.45, 7) is 0.458. The first-order chi connectivity index (χ1) is 11.1. The van der Waals surface area contributed by atoms with Crippen LogP contribution in [0.25, 0.3) is 0 Å². The molecule has 3 amide bonds. The van der Waals surface area contributed by atoms with Gasteiger partial charge in [-0.05, 0) is 42.9 Å². The zero-order valence-electron chi connectivity index (χ0n) is 12.9. The second-order valence-electron chi connectivity index (χ2n) is 6.37. The van der Waals surface area contributed by atoms with Crippen LogP contribution in [-0.4, -0.2) is 30.3 Å². The fourth-order valence-corrected chi connectivity index (χ4v) is 2.97. The molecule has 0 aromatic heterocycles. The highest BCUT2D eigenvalue weighted by atomic mass is 16.2. The monoisotopic (exact) mass is 315 g/mol. The van der Waals surface area contributed by atoms with Gasteiger partial charge in [0, 0.05) is 24.6 Å². The van der Waals surface area contributed by atoms with Gasteiger partial charge in [-0.2, -0.15) is 0 Å². The number of nitrogens with two attached hydrogens (primary N) is 1. The summed E-state index contributed by atoms with van der Waals surface area (Å²) in [6, 6.07) is 7.22. The van der Waals surface area contributed by atoms with Gasteiger partial charge in [-0.1, -0.05) is 12.1 Å². The Morgan fingerprint density at radius 1 is 1.26 bits per heavy atom. The standard InChI is InChI=1S/C17H21N3O3/c18-9-14(11-5-6-11)19-16(22)12-3-1-10(2-4-12)7-13-8-15(21)20-17(13)23/h1-4,11,13-14H,5-9,18H2,(H,19,22)(H,20,21,23). The van der Waals surface area contributed by atoms with Gasteiger partial charge in [0.15, 0.2) is 0 Å². The van der Waals surface area contributed by atoms with Gasteiger partial charge in [-0.3, -0.25) is 19.7 Å². The highest BCUT2D eigenvalue weighted by Crippen LogP contribution is 2.32. The van der Waals surface area contributed by atoms with Gasteiger partial charge in [0.2, 0.25) is 11.8 Å². The Kier molecular flexibility index (Phi) is 4.43. The molecule has 2 atom stereocenters. The minimum atomic E-state index is -0.307. The van der Waals surface area contributed by atoms with Gasteiger partial charge in [0.1, 0.15) is 0 Å². The summed E-state index contributed by atoms with van der Waals surface area (Å²) in [4.78, 5) is 35.0. The number of imide groups is 1. The Labute approximate surface area is 134 Å². The Morgan fingerprint density at radius 3 is 2.48 bits per heavy atom. The van der Waals surface area contributed by atoms with E-state index in [9.17, 15) is 14.4 Å². The van der Waals surface area contributed by atoms with E-state index in [-0.39, 0.29) is 36.1 Å². The third-order valence-electron chi connectivity index (χ3n) is 4.52. The van der Waals surface area contributed by atoms with Crippen molar-refractivity contribution >= 4 is 17.7 Å². The number of hydrogen-bond donors (Lipinski definition) is 3. The zero-order chi connectivity index (χ0) is 16.4. The molecule has 1 aromatic carbocycles. The van der Waals surface area contributed by atoms with E-state index in [0.717, 1.165) is 18.4 Å². The van der Waals surface area contributed by atoms with Crippen LogP contribution >= 0.6 is 0 Å². The van der Waals surface area contributed by atoms with E-state index in [4.69, 9.17) is 5.73 Å². The summed E-state index contributed by atoms with van der Waals surface area (Å²) in [5.41, 5.74) is 7.22. The van der Waals surface area contributed by atoms with E-state index < -0.39 is 0 Å². The highest BCUT2D eigenvalue weighted by molar-refractivity contribution is 6.03. The van der Waals surface area contributed by atoms with Gasteiger partial charge in [0.25, 0.3) is 5.91 Å². The zero-order valence-corrected chi connectivity index (χ0v) is 12.9. The normalized spacial score (nSPS) is 21.9. The first-order valence-electron chi connectivity index (χ1n) is 8.00. The number of nitrogens with one attached hydrogen (secondary N) is 2. The van der Waals surface area contributed by atoms with E-state index in [0.29, 0.717) is 24.4 Å². The average molecular weight is 315 g/mol. The predicted molar refractivity (Wildman–Crippen MR) is 84.4 cm³/mol. The smallest absolute Gasteiger partial charge is 0.251 e. The molecule has 2 fully saturated rings. The molecule has 122 valence electrons. The predicted octanol–water partition coefficient (Wildman–Crippen LogP) is 0.359. The van der Waals surface area contributed by atoms with Crippen LogP contribution in [0.5, 0.6) is 0 Å². The number of rotatable bonds is 6. The van der Waals surface area contributed by atoms with Crippen LogP contribution in [0, 0.1) is 11.8 Å². The minimum absolute atomic E-state index is 0.0513. The number of hydrogen-bond acceptors (Lipinski definition) is 4. The fraction of sp³-hybridized carbons (Fsp3) is 0.471. The van der Waals surface area contributed by atoms with Gasteiger partial charge in [-0.15, -0.1) is 0 Å². The number of carbonyl (C=O) groups excluding carboxylic acids is 3. The largest absolute Gasteiger partial charge is 0.348 e. The SMILES string of the molecule is NCC(NC(=O)c1ccc(CC2CC(=O)NC2=O)cc1)C1CC1. The molecular weight excluding hydrogens is 294 g/mol. The van der Waals surface area contributed by atoms with Crippen LogP contribution in [0.15, 0.2) is 24.3 Å². The van der Waals surface area contributed by atoms with Crippen molar-refractivity contribution in [2.75, 3.05) is 6.54 Å². The third kappa shape index (κ3) is 3.76. The minimum Gasteiger partial charge on any atom is -0.348 e. The summed E-state index contributed by atoms with van der Waals surface area (Å²) in [7, 11) is 0. The molecule has 3 rings (SSSR count). The number of amides is 3. The highest BCUT2D eigenvalue weighted by Gasteiger charge is 2.32. The Hall–Kier alpha value is -2.21. The lowest BCUT2D eigenvalue weighted by molar-refractivity contribution is -0.125. The van der Waals surface area contributed by atoms with Crippen LogP contribution in [0.3, 0.4) is 0 Å². The molecule has 0 bridgehead atoms. The lowest BCUT2D eigenvalue weighted by atomic mass is 9.97. The van der Waals surface area contributed by atoms with Crippen LogP contribution in [0.2, 0.25) is 0 Å². The van der Waals surface area contributed by atoms with E-state index in [1.807, 2.05) is 12.1 Å². The molecular formula is C17H21N3O3. The first kappa shape index (κ1) is 15.7. The Morgan fingerprint density at radius 2 is 1.96 bits per heavy atom. The van der Waals surface area contributed by atoms with Crippen molar-refractivity contribution in [2.45, 2.75) is 31.7 Å². The second-order valence-corrected chi connectivity index (χ2v) is 6.37. The summed E-state index contributed by atoms with van der Waals surface area (Å²) in [5.74, 6) is -0.344. The third-order valence-corrected chi connectivity index (χ3v) is 4.52. The molecule has 1 aliphatic carbocycles. The molecule has 2 aliphatic rings. The second kappa shape index (κ2) is 6.50. The quantitative estimate of drug-likeness (QED) is 0.660. The van der Waals surface area contributed by atoms with Crippen molar-refractivity contribution in [3.63, 3.8) is 0 Å². The average Bonchev–Trinajstić information content (AvgIpc) is 3.32. The molecule has 1 aromatic rings. The molecule has 0 spiro atoms. The molecule has 1 aliphatic heterocycles. The molecule has 23 heavy (non-hydrogen) atoms. The summed E-state index contributed by atoms with van der Waals surface area (Å²) in [5, 5.41) is 5.29. The molecule has 2 unspecified atom stereocenters. The number of benzene rings is 1. The first-order valence-corrected chi connectivity index (χ1v) is 8.00. The maximum absolute atomic E-state index is 12.2. The maximum Gasteiger partial charge on any atom is 0.251 e. The van der Waals surface area contributed by atoms with Crippen molar-refractivity contribution in [1.29, 1.82) is 0 Å². The van der Waals surface area contributed by atoms with E-state index >= 15 is 0 Å². The van der Waals surface area contributed by atoms with Gasteiger partial charge in [0.05, 0.1) is 5.92 Å². The Balaban J connectivity index is 1.59. The van der Waals surface area contributed by atoms with Crippen molar-refractivity contribution in [1.82, 2.24) is 10.6 Å². The van der Waals surface area contributed by atoms with Crippen molar-refractivity contribution < 1.29 is 14.4 Å². The summed E-state index contributed by atoms with van der Waals surface area (Å²) >= 11 is 0. The van der Waals surface area contributed by atoms with E-state index in [1.165, 1.54) is 0 Å². The number of carbonyl (C=O) groups is 3. The van der Waals surface area contributed by atoms with Crippen molar-refractivity contribution in [3.05, 3.63) is 35.4 Å². The topological polar surface area (TPSA) is 101 Å². The molecule has 4 N–H and O–H groups in total. The summed E-state index contributed by atoms with van der Waals surface area (Å²) in [6.07, 6.45) is 3.00. The fourth-order valence-electron chi connectivity index (χ4n) is 2.97. The van der Waals surface area contributed by atoms with Gasteiger partial charge < -0.3 is 11.1 Å². The van der Waals surface area contributed by atoms with Crippen LogP contribution < -0.4 is 16.4 Å². The molecule has 0 radical (unpaired) electrons. The van der Waals surface area contributed by atoms with Crippen LogP contribution in [0.1, 0.15) is 35.2 Å². The van der Waals surface area contributed by atoms with Crippen molar-refractivity contribution in [3.8, 4) is 0 Å². The van der Waals surface area contributed by atoms with Gasteiger partial charge in [-0.25, -0.2) is 0 Å². The molecule has 6 nitrogen and oxygen atoms in total. The Bertz CT molecular complexity index is 622. The van der Waals surface area contributed by atoms with Crippen LogP contribution in [0.4, 0.5) is 0 Å².